The van der Waals surface area contributed by atoms with Gasteiger partial charge in [0.05, 0.1) is 18.1 Å². The van der Waals surface area contributed by atoms with Gasteiger partial charge in [0, 0.05) is 10.8 Å². The zero-order valence-electron chi connectivity index (χ0n) is 17.7. The molecule has 13 heteroatoms. The number of carboxylic acid groups (broad SMARTS) is 1. The maximum atomic E-state index is 12.6. The van der Waals surface area contributed by atoms with Gasteiger partial charge < -0.3 is 25.9 Å². The van der Waals surface area contributed by atoms with Crippen molar-refractivity contribution < 1.29 is 23.9 Å². The molecule has 3 atom stereocenters. The number of hydrogen-bond acceptors (Lipinski definition) is 10. The van der Waals surface area contributed by atoms with Crippen molar-refractivity contribution in [2.45, 2.75) is 45.8 Å². The topological polar surface area (TPSA) is 173 Å². The number of thiazole rings is 2. The van der Waals surface area contributed by atoms with Crippen molar-refractivity contribution in [3.8, 4) is 0 Å². The predicted octanol–water partition coefficient (Wildman–Crippen LogP) is 2.60. The molecule has 0 aliphatic heterocycles. The normalized spacial score (nSPS) is 13.9. The van der Waals surface area contributed by atoms with Crippen LogP contribution in [0.4, 0.5) is 0 Å². The molecule has 0 fully saturated rings. The van der Waals surface area contributed by atoms with Crippen molar-refractivity contribution >= 4 is 40.5 Å². The number of carbonyl (C=O) groups is 3. The Hall–Kier alpha value is -3.16. The van der Waals surface area contributed by atoms with Gasteiger partial charge >= 0.3 is 5.97 Å². The Bertz CT molecular complexity index is 1150. The second-order valence-corrected chi connectivity index (χ2v) is 8.86. The second-order valence-electron chi connectivity index (χ2n) is 7.08. The molecule has 3 aromatic heterocycles. The molecule has 0 aromatic carbocycles. The highest BCUT2D eigenvalue weighted by Crippen LogP contribution is 2.22. The number of hydrogen-bond donors (Lipinski definition) is 4. The maximum Gasteiger partial charge on any atom is 0.355 e. The van der Waals surface area contributed by atoms with E-state index in [1.54, 1.807) is 33.1 Å². The van der Waals surface area contributed by atoms with Crippen molar-refractivity contribution in [1.82, 2.24) is 25.6 Å². The van der Waals surface area contributed by atoms with Crippen LogP contribution in [0.15, 0.2) is 15.2 Å². The first-order valence-corrected chi connectivity index (χ1v) is 11.3. The first kappa shape index (κ1) is 23.5. The minimum Gasteiger partial charge on any atom is -0.476 e. The third-order valence-electron chi connectivity index (χ3n) is 4.35. The molecular weight excluding hydrogens is 456 g/mol. The second kappa shape index (κ2) is 9.54. The van der Waals surface area contributed by atoms with Crippen LogP contribution in [-0.4, -0.2) is 37.8 Å². The molecule has 0 unspecified atom stereocenters. The van der Waals surface area contributed by atoms with Crippen LogP contribution in [0.25, 0.3) is 0 Å². The largest absolute Gasteiger partial charge is 0.476 e. The van der Waals surface area contributed by atoms with Gasteiger partial charge in [0.1, 0.15) is 21.5 Å². The van der Waals surface area contributed by atoms with E-state index in [2.05, 4.69) is 25.6 Å². The number of carboxylic acids is 1. The molecule has 170 valence electrons. The third-order valence-corrected chi connectivity index (χ3v) is 6.40. The van der Waals surface area contributed by atoms with E-state index in [0.717, 1.165) is 11.3 Å². The summed E-state index contributed by atoms with van der Waals surface area (Å²) in [5, 5.41) is 18.5. The molecule has 32 heavy (non-hydrogen) atoms. The van der Waals surface area contributed by atoms with Crippen LogP contribution in [0.3, 0.4) is 0 Å². The number of oxazole rings is 1. The van der Waals surface area contributed by atoms with E-state index in [1.807, 2.05) is 0 Å². The quantitative estimate of drug-likeness (QED) is 0.379. The van der Waals surface area contributed by atoms with Gasteiger partial charge in [0.2, 0.25) is 5.89 Å². The number of rotatable bonds is 8. The maximum absolute atomic E-state index is 12.6. The fourth-order valence-corrected chi connectivity index (χ4v) is 4.26. The van der Waals surface area contributed by atoms with Gasteiger partial charge in [0.15, 0.2) is 11.4 Å². The summed E-state index contributed by atoms with van der Waals surface area (Å²) in [6, 6.07) is -1.40. The van der Waals surface area contributed by atoms with Crippen LogP contribution in [-0.2, 0) is 0 Å². The fourth-order valence-electron chi connectivity index (χ4n) is 2.66. The summed E-state index contributed by atoms with van der Waals surface area (Å²) in [5.74, 6) is -1.35. The summed E-state index contributed by atoms with van der Waals surface area (Å²) in [6.07, 6.45) is 0. The summed E-state index contributed by atoms with van der Waals surface area (Å²) in [4.78, 5) is 48.5. The minimum absolute atomic E-state index is 0.0676. The van der Waals surface area contributed by atoms with Crippen LogP contribution in [0.1, 0.15) is 92.0 Å². The molecule has 2 amide bonds. The van der Waals surface area contributed by atoms with Gasteiger partial charge in [-0.2, -0.15) is 0 Å². The predicted molar refractivity (Wildman–Crippen MR) is 117 cm³/mol. The summed E-state index contributed by atoms with van der Waals surface area (Å²) >= 11 is 2.38. The van der Waals surface area contributed by atoms with Gasteiger partial charge in [-0.1, -0.05) is 0 Å². The Morgan fingerprint density at radius 3 is 2.00 bits per heavy atom. The van der Waals surface area contributed by atoms with E-state index < -0.39 is 35.9 Å². The molecule has 0 radical (unpaired) electrons. The summed E-state index contributed by atoms with van der Waals surface area (Å²) in [6.45, 7) is 6.78. The zero-order valence-corrected chi connectivity index (χ0v) is 19.3. The molecular formula is C19H22N6O5S2. The number of aromatic nitrogens is 3. The summed E-state index contributed by atoms with van der Waals surface area (Å²) < 4.78 is 5.41. The number of nitrogens with two attached hydrogens (primary N) is 1. The fraction of sp³-hybridized carbons (Fsp3) is 0.368. The van der Waals surface area contributed by atoms with Gasteiger partial charge in [-0.05, 0) is 27.7 Å². The molecule has 0 bridgehead atoms. The highest BCUT2D eigenvalue weighted by molar-refractivity contribution is 7.10. The third kappa shape index (κ3) is 5.18. The van der Waals surface area contributed by atoms with Gasteiger partial charge in [0.25, 0.3) is 11.8 Å². The molecule has 0 spiro atoms. The Labute approximate surface area is 191 Å². The smallest absolute Gasteiger partial charge is 0.355 e. The van der Waals surface area contributed by atoms with Gasteiger partial charge in [-0.15, -0.1) is 22.7 Å². The first-order valence-electron chi connectivity index (χ1n) is 9.55. The van der Waals surface area contributed by atoms with Crippen LogP contribution < -0.4 is 16.4 Å². The lowest BCUT2D eigenvalue weighted by Crippen LogP contribution is -2.28. The average molecular weight is 479 g/mol. The molecule has 3 rings (SSSR count). The van der Waals surface area contributed by atoms with Crippen molar-refractivity contribution in [3.05, 3.63) is 49.5 Å². The summed E-state index contributed by atoms with van der Waals surface area (Å²) in [5.41, 5.74) is 6.01. The van der Waals surface area contributed by atoms with Crippen molar-refractivity contribution in [2.75, 3.05) is 0 Å². The highest BCUT2D eigenvalue weighted by Gasteiger charge is 2.23. The minimum atomic E-state index is -1.12. The van der Waals surface area contributed by atoms with E-state index >= 15 is 0 Å². The van der Waals surface area contributed by atoms with Crippen molar-refractivity contribution in [3.63, 3.8) is 0 Å². The van der Waals surface area contributed by atoms with E-state index in [0.29, 0.717) is 15.8 Å². The number of nitrogens with one attached hydrogen (secondary N) is 2. The van der Waals surface area contributed by atoms with Gasteiger partial charge in [-0.25, -0.2) is 19.7 Å². The highest BCUT2D eigenvalue weighted by atomic mass is 32.1. The van der Waals surface area contributed by atoms with Crippen LogP contribution in [0.5, 0.6) is 0 Å². The number of nitrogens with zero attached hydrogens (tertiary/aromatic N) is 3. The van der Waals surface area contributed by atoms with E-state index in [-0.39, 0.29) is 23.0 Å². The van der Waals surface area contributed by atoms with Crippen LogP contribution in [0, 0.1) is 6.92 Å². The number of aryl methyl sites for hydroxylation is 1. The van der Waals surface area contributed by atoms with E-state index in [9.17, 15) is 14.4 Å². The Balaban J connectivity index is 1.63. The molecule has 3 aromatic rings. The molecule has 0 saturated carbocycles. The summed E-state index contributed by atoms with van der Waals surface area (Å²) in [7, 11) is 0. The van der Waals surface area contributed by atoms with E-state index in [4.69, 9.17) is 15.3 Å². The Kier molecular flexibility index (Phi) is 7.01. The lowest BCUT2D eigenvalue weighted by atomic mass is 10.3. The molecule has 0 aliphatic carbocycles. The lowest BCUT2D eigenvalue weighted by molar-refractivity contribution is 0.0690. The van der Waals surface area contributed by atoms with Gasteiger partial charge in [-0.3, -0.25) is 9.59 Å². The number of amides is 2. The molecule has 0 saturated heterocycles. The lowest BCUT2D eigenvalue weighted by Gasteiger charge is -2.11. The first-order chi connectivity index (χ1) is 15.1. The molecule has 5 N–H and O–H groups in total. The Morgan fingerprint density at radius 2 is 1.50 bits per heavy atom. The van der Waals surface area contributed by atoms with Crippen molar-refractivity contribution in [1.29, 1.82) is 0 Å². The van der Waals surface area contributed by atoms with Crippen LogP contribution in [0.2, 0.25) is 0 Å². The molecule has 11 nitrogen and oxygen atoms in total. The standard InChI is InChI=1S/C19H22N6O5S2/c1-7(20)16-25-13(10(4)30-16)15(27)22-9(3)17-23-11(5-31-17)14(26)21-8(2)18-24-12(6-32-18)19(28)29/h5-9H,20H2,1-4H3,(H,21,26)(H,22,27)(H,28,29)/t7-,8-,9+/m0/s1. The Morgan fingerprint density at radius 1 is 0.969 bits per heavy atom. The molecule has 0 aliphatic rings. The van der Waals surface area contributed by atoms with Crippen molar-refractivity contribution in [2.24, 2.45) is 5.73 Å². The zero-order chi connectivity index (χ0) is 23.6. The van der Waals surface area contributed by atoms with Crippen LogP contribution >= 0.6 is 22.7 Å². The molecule has 3 heterocycles. The van der Waals surface area contributed by atoms with E-state index in [1.165, 1.54) is 16.7 Å². The SMILES string of the molecule is Cc1oc([C@H](C)N)nc1C(=O)N[C@H](C)c1nc(C(=O)N[C@@H](C)c2nc(C(=O)O)cs2)cs1. The number of aromatic carboxylic acids is 1. The monoisotopic (exact) mass is 478 g/mol. The average Bonchev–Trinajstić information content (AvgIpc) is 3.46. The number of carbonyl (C=O) groups excluding carboxylic acids is 2.